The van der Waals surface area contributed by atoms with Gasteiger partial charge in [0.1, 0.15) is 0 Å². The Bertz CT molecular complexity index is 601. The van der Waals surface area contributed by atoms with Crippen molar-refractivity contribution in [3.8, 4) is 10.4 Å². The summed E-state index contributed by atoms with van der Waals surface area (Å²) in [5, 5.41) is 3.48. The van der Waals surface area contributed by atoms with E-state index in [1.807, 2.05) is 11.3 Å². The molecule has 0 fully saturated rings. The van der Waals surface area contributed by atoms with Crippen molar-refractivity contribution < 1.29 is 0 Å². The maximum Gasteiger partial charge on any atom is 0.0360 e. The van der Waals surface area contributed by atoms with Crippen LogP contribution in [-0.2, 0) is 0 Å². The van der Waals surface area contributed by atoms with Gasteiger partial charge in [0.2, 0.25) is 0 Å². The maximum atomic E-state index is 3.63. The number of hydrogen-bond donors (Lipinski definition) is 1. The Morgan fingerprint density at radius 1 is 1.19 bits per heavy atom. The maximum absolute atomic E-state index is 3.63. The van der Waals surface area contributed by atoms with E-state index in [2.05, 4.69) is 77.6 Å². The minimum absolute atomic E-state index is 0.993. The molecular weight excluding hydrogens is 342 g/mol. The van der Waals surface area contributed by atoms with Crippen molar-refractivity contribution in [2.45, 2.75) is 26.7 Å². The molecule has 0 unspecified atom stereocenters. The first kappa shape index (κ1) is 16.5. The molecule has 1 aromatic carbocycles. The lowest BCUT2D eigenvalue weighted by molar-refractivity contribution is 0.706. The molecule has 0 aliphatic rings. The van der Waals surface area contributed by atoms with Crippen LogP contribution in [0, 0.1) is 0 Å². The third-order valence-corrected chi connectivity index (χ3v) is 5.10. The van der Waals surface area contributed by atoms with Crippen molar-refractivity contribution in [1.29, 1.82) is 0 Å². The van der Waals surface area contributed by atoms with Crippen LogP contribution in [0.25, 0.3) is 16.5 Å². The predicted octanol–water partition coefficient (Wildman–Crippen LogP) is 5.97. The lowest BCUT2D eigenvalue weighted by atomic mass is 10.1. The smallest absolute Gasteiger partial charge is 0.0360 e. The van der Waals surface area contributed by atoms with Crippen LogP contribution in [0.4, 0.5) is 0 Å². The molecule has 21 heavy (non-hydrogen) atoms. The molecule has 1 nitrogen and oxygen atoms in total. The third kappa shape index (κ3) is 4.80. The summed E-state index contributed by atoms with van der Waals surface area (Å²) < 4.78 is 1.16. The zero-order valence-corrected chi connectivity index (χ0v) is 15.1. The van der Waals surface area contributed by atoms with Gasteiger partial charge in [0.05, 0.1) is 0 Å². The SMILES string of the molecule is CCCNCC(=Cc1ccc(-c2ccccc2Br)s1)CC. The van der Waals surface area contributed by atoms with E-state index >= 15 is 0 Å². The Kier molecular flexibility index (Phi) is 6.68. The summed E-state index contributed by atoms with van der Waals surface area (Å²) in [5.41, 5.74) is 2.73. The molecule has 1 aromatic heterocycles. The summed E-state index contributed by atoms with van der Waals surface area (Å²) in [7, 11) is 0. The molecule has 0 amide bonds. The van der Waals surface area contributed by atoms with Crippen molar-refractivity contribution in [1.82, 2.24) is 5.32 Å². The molecule has 0 radical (unpaired) electrons. The van der Waals surface area contributed by atoms with Crippen molar-refractivity contribution in [3.05, 3.63) is 51.3 Å². The first-order valence-electron chi connectivity index (χ1n) is 7.49. The Morgan fingerprint density at radius 2 is 2.00 bits per heavy atom. The van der Waals surface area contributed by atoms with Gasteiger partial charge in [0.25, 0.3) is 0 Å². The molecular formula is C18H22BrNS. The lowest BCUT2D eigenvalue weighted by Gasteiger charge is -2.05. The first-order valence-corrected chi connectivity index (χ1v) is 9.10. The molecule has 112 valence electrons. The van der Waals surface area contributed by atoms with Gasteiger partial charge in [-0.15, -0.1) is 11.3 Å². The second-order valence-electron chi connectivity index (χ2n) is 5.01. The highest BCUT2D eigenvalue weighted by molar-refractivity contribution is 9.10. The Balaban J connectivity index is 2.13. The van der Waals surface area contributed by atoms with Gasteiger partial charge in [0.15, 0.2) is 0 Å². The molecule has 1 heterocycles. The minimum Gasteiger partial charge on any atom is -0.313 e. The topological polar surface area (TPSA) is 12.0 Å². The molecule has 0 bridgehead atoms. The highest BCUT2D eigenvalue weighted by Crippen LogP contribution is 2.34. The van der Waals surface area contributed by atoms with Crippen LogP contribution in [0.15, 0.2) is 46.4 Å². The fourth-order valence-electron chi connectivity index (χ4n) is 2.14. The second-order valence-corrected chi connectivity index (χ2v) is 6.98. The number of thiophene rings is 1. The Morgan fingerprint density at radius 3 is 2.71 bits per heavy atom. The molecule has 0 saturated heterocycles. The minimum atomic E-state index is 0.993. The van der Waals surface area contributed by atoms with Crippen LogP contribution in [0.5, 0.6) is 0 Å². The number of halogens is 1. The van der Waals surface area contributed by atoms with Crippen molar-refractivity contribution in [2.24, 2.45) is 0 Å². The average Bonchev–Trinajstić information content (AvgIpc) is 2.95. The van der Waals surface area contributed by atoms with E-state index in [0.717, 1.165) is 24.0 Å². The molecule has 0 aliphatic carbocycles. The van der Waals surface area contributed by atoms with E-state index in [-0.39, 0.29) is 0 Å². The van der Waals surface area contributed by atoms with E-state index in [4.69, 9.17) is 0 Å². The van der Waals surface area contributed by atoms with Gasteiger partial charge in [-0.2, -0.15) is 0 Å². The van der Waals surface area contributed by atoms with E-state index in [1.165, 1.54) is 27.3 Å². The Hall–Kier alpha value is -0.900. The summed E-state index contributed by atoms with van der Waals surface area (Å²) in [6.45, 7) is 6.50. The van der Waals surface area contributed by atoms with Crippen molar-refractivity contribution in [2.75, 3.05) is 13.1 Å². The molecule has 0 aliphatic heterocycles. The van der Waals surface area contributed by atoms with E-state index in [9.17, 15) is 0 Å². The van der Waals surface area contributed by atoms with Crippen molar-refractivity contribution in [3.63, 3.8) is 0 Å². The molecule has 0 saturated carbocycles. The highest BCUT2D eigenvalue weighted by Gasteiger charge is 2.05. The highest BCUT2D eigenvalue weighted by atomic mass is 79.9. The van der Waals surface area contributed by atoms with E-state index in [1.54, 1.807) is 0 Å². The summed E-state index contributed by atoms with van der Waals surface area (Å²) >= 11 is 5.48. The van der Waals surface area contributed by atoms with Gasteiger partial charge in [-0.25, -0.2) is 0 Å². The van der Waals surface area contributed by atoms with Crippen LogP contribution in [-0.4, -0.2) is 13.1 Å². The van der Waals surface area contributed by atoms with E-state index < -0.39 is 0 Å². The quantitative estimate of drug-likeness (QED) is 0.597. The average molecular weight is 364 g/mol. The van der Waals surface area contributed by atoms with E-state index in [0.29, 0.717) is 0 Å². The molecule has 0 atom stereocenters. The van der Waals surface area contributed by atoms with Gasteiger partial charge >= 0.3 is 0 Å². The third-order valence-electron chi connectivity index (χ3n) is 3.35. The van der Waals surface area contributed by atoms with Crippen LogP contribution in [0.3, 0.4) is 0 Å². The molecule has 2 aromatic rings. The van der Waals surface area contributed by atoms with Crippen LogP contribution in [0.2, 0.25) is 0 Å². The van der Waals surface area contributed by atoms with Crippen LogP contribution >= 0.6 is 27.3 Å². The number of nitrogens with one attached hydrogen (secondary N) is 1. The number of hydrogen-bond acceptors (Lipinski definition) is 2. The number of benzene rings is 1. The second kappa shape index (κ2) is 8.52. The molecule has 0 spiro atoms. The predicted molar refractivity (Wildman–Crippen MR) is 98.9 cm³/mol. The standard InChI is InChI=1S/C18H22BrNS/c1-3-11-20-13-14(4-2)12-15-9-10-18(21-15)16-7-5-6-8-17(16)19/h5-10,12,20H,3-4,11,13H2,1-2H3. The summed E-state index contributed by atoms with van der Waals surface area (Å²) in [5.74, 6) is 0. The van der Waals surface area contributed by atoms with Gasteiger partial charge in [-0.3, -0.25) is 0 Å². The van der Waals surface area contributed by atoms with Crippen LogP contribution in [0.1, 0.15) is 31.6 Å². The van der Waals surface area contributed by atoms with Crippen molar-refractivity contribution >= 4 is 33.3 Å². The normalized spacial score (nSPS) is 11.9. The van der Waals surface area contributed by atoms with Gasteiger partial charge in [-0.05, 0) is 43.7 Å². The van der Waals surface area contributed by atoms with Gasteiger partial charge < -0.3 is 5.32 Å². The Labute approximate surface area is 140 Å². The molecule has 2 rings (SSSR count). The summed E-state index contributed by atoms with van der Waals surface area (Å²) in [6, 6.07) is 12.8. The first-order chi connectivity index (χ1) is 10.2. The zero-order valence-electron chi connectivity index (χ0n) is 12.7. The fourth-order valence-corrected chi connectivity index (χ4v) is 3.81. The van der Waals surface area contributed by atoms with Gasteiger partial charge in [0, 0.05) is 26.3 Å². The summed E-state index contributed by atoms with van der Waals surface area (Å²) in [4.78, 5) is 2.64. The lowest BCUT2D eigenvalue weighted by Crippen LogP contribution is -2.17. The fraction of sp³-hybridized carbons (Fsp3) is 0.333. The zero-order chi connectivity index (χ0) is 15.1. The summed E-state index contributed by atoms with van der Waals surface area (Å²) in [6.07, 6.45) is 4.61. The largest absolute Gasteiger partial charge is 0.313 e. The van der Waals surface area contributed by atoms with Crippen LogP contribution < -0.4 is 5.32 Å². The molecule has 3 heteroatoms. The van der Waals surface area contributed by atoms with Gasteiger partial charge in [-0.1, -0.05) is 53.5 Å². The monoisotopic (exact) mass is 363 g/mol. The number of rotatable bonds is 7. The molecule has 1 N–H and O–H groups in total.